The lowest BCUT2D eigenvalue weighted by Crippen LogP contribution is -2.63. The first-order valence-electron chi connectivity index (χ1n) is 15.3. The molecule has 0 bridgehead atoms. The van der Waals surface area contributed by atoms with E-state index in [1.165, 1.54) is 14.0 Å². The fourth-order valence-electron chi connectivity index (χ4n) is 7.32. The van der Waals surface area contributed by atoms with E-state index in [4.69, 9.17) is 28.4 Å². The minimum absolute atomic E-state index is 0.125. The molecule has 0 spiro atoms. The van der Waals surface area contributed by atoms with E-state index < -0.39 is 111 Å². The van der Waals surface area contributed by atoms with Crippen LogP contribution in [0.25, 0.3) is 0 Å². The third kappa shape index (κ3) is 7.06. The van der Waals surface area contributed by atoms with Gasteiger partial charge in [-0.1, -0.05) is 0 Å². The highest BCUT2D eigenvalue weighted by Gasteiger charge is 2.52. The summed E-state index contributed by atoms with van der Waals surface area (Å²) in [6, 6.07) is 0. The molecule has 5 aliphatic rings. The number of hydrogen-bond donors (Lipinski definition) is 9. The van der Waals surface area contributed by atoms with Gasteiger partial charge in [-0.15, -0.1) is 0 Å². The molecule has 5 rings (SSSR count). The normalized spacial score (nSPS) is 54.6. The van der Waals surface area contributed by atoms with Crippen LogP contribution < -0.4 is 0 Å². The quantitative estimate of drug-likeness (QED) is 0.134. The zero-order valence-corrected chi connectivity index (χ0v) is 24.4. The summed E-state index contributed by atoms with van der Waals surface area (Å²) in [5.74, 6) is -0.485. The van der Waals surface area contributed by atoms with E-state index in [0.29, 0.717) is 32.1 Å². The lowest BCUT2D eigenvalue weighted by atomic mass is 9.72. The highest BCUT2D eigenvalue weighted by atomic mass is 16.7. The smallest absolute Gasteiger partial charge is 0.187 e. The summed E-state index contributed by atoms with van der Waals surface area (Å²) in [6.45, 7) is 1.06. The molecular formula is C28H48O15. The Morgan fingerprint density at radius 3 is 2.07 bits per heavy atom. The molecule has 0 radical (unpaired) electrons. The number of fused-ring (bicyclic) bond motifs is 1. The second-order valence-electron chi connectivity index (χ2n) is 12.8. The van der Waals surface area contributed by atoms with E-state index in [1.807, 2.05) is 0 Å². The predicted octanol–water partition coefficient (Wildman–Crippen LogP) is -3.51. The van der Waals surface area contributed by atoms with Crippen molar-refractivity contribution in [1.29, 1.82) is 0 Å². The number of rotatable bonds is 7. The topological polar surface area (TPSA) is 237 Å². The van der Waals surface area contributed by atoms with Gasteiger partial charge in [0.05, 0.1) is 55.4 Å². The summed E-state index contributed by atoms with van der Waals surface area (Å²) in [4.78, 5) is 0. The van der Waals surface area contributed by atoms with Crippen molar-refractivity contribution < 1.29 is 74.4 Å². The Labute approximate surface area is 249 Å². The maximum atomic E-state index is 10.8. The molecule has 0 aromatic heterocycles. The van der Waals surface area contributed by atoms with Crippen molar-refractivity contribution in [2.45, 2.75) is 150 Å². The van der Waals surface area contributed by atoms with E-state index in [1.54, 1.807) is 0 Å². The van der Waals surface area contributed by atoms with Crippen LogP contribution in [0.4, 0.5) is 0 Å². The van der Waals surface area contributed by atoms with Gasteiger partial charge in [-0.25, -0.2) is 0 Å². The molecule has 19 atom stereocenters. The molecule has 15 heteroatoms. The van der Waals surface area contributed by atoms with Gasteiger partial charge >= 0.3 is 0 Å². The summed E-state index contributed by atoms with van der Waals surface area (Å²) < 4.78 is 35.1. The maximum absolute atomic E-state index is 10.8. The number of aliphatic hydroxyl groups is 9. The Bertz CT molecular complexity index is 898. The van der Waals surface area contributed by atoms with Crippen molar-refractivity contribution in [2.24, 2.45) is 11.8 Å². The average Bonchev–Trinajstić information content (AvgIpc) is 2.98. The predicted molar refractivity (Wildman–Crippen MR) is 142 cm³/mol. The van der Waals surface area contributed by atoms with Crippen LogP contribution in [-0.2, 0) is 28.4 Å². The summed E-state index contributed by atoms with van der Waals surface area (Å²) in [7, 11) is 1.53. The van der Waals surface area contributed by atoms with E-state index in [0.717, 1.165) is 0 Å². The summed E-state index contributed by atoms with van der Waals surface area (Å²) in [6.07, 6.45) is -16.2. The second-order valence-corrected chi connectivity index (χ2v) is 12.8. The monoisotopic (exact) mass is 624 g/mol. The Hall–Kier alpha value is -0.600. The molecule has 2 saturated carbocycles. The number of methoxy groups -OCH3 is 1. The highest BCUT2D eigenvalue weighted by molar-refractivity contribution is 4.99. The zero-order valence-electron chi connectivity index (χ0n) is 24.4. The molecule has 9 unspecified atom stereocenters. The molecule has 9 N–H and O–H groups in total. The highest BCUT2D eigenvalue weighted by Crippen LogP contribution is 2.43. The van der Waals surface area contributed by atoms with Crippen molar-refractivity contribution in [3.8, 4) is 0 Å². The number of ether oxygens (including phenoxy) is 6. The van der Waals surface area contributed by atoms with Crippen molar-refractivity contribution in [3.63, 3.8) is 0 Å². The molecule has 0 amide bonds. The fraction of sp³-hybridized carbons (Fsp3) is 1.00. The minimum atomic E-state index is -1.69. The van der Waals surface area contributed by atoms with Crippen molar-refractivity contribution >= 4 is 0 Å². The average molecular weight is 625 g/mol. The molecule has 3 heterocycles. The number of aliphatic hydroxyl groups excluding tert-OH is 9. The van der Waals surface area contributed by atoms with Crippen LogP contribution in [0.5, 0.6) is 0 Å². The fourth-order valence-corrected chi connectivity index (χ4v) is 7.32. The molecule has 0 aromatic carbocycles. The first kappa shape index (κ1) is 33.8. The Kier molecular flexibility index (Phi) is 11.0. The molecule has 43 heavy (non-hydrogen) atoms. The first-order chi connectivity index (χ1) is 20.4. The Balaban J connectivity index is 1.30. The van der Waals surface area contributed by atoms with Gasteiger partial charge < -0.3 is 74.4 Å². The number of hydrogen-bond acceptors (Lipinski definition) is 15. The van der Waals surface area contributed by atoms with Gasteiger partial charge in [0.25, 0.3) is 0 Å². The van der Waals surface area contributed by atoms with Gasteiger partial charge in [-0.2, -0.15) is 0 Å². The van der Waals surface area contributed by atoms with Crippen LogP contribution >= 0.6 is 0 Å². The van der Waals surface area contributed by atoms with Crippen LogP contribution in [0.2, 0.25) is 0 Å². The van der Waals surface area contributed by atoms with Crippen molar-refractivity contribution in [3.05, 3.63) is 0 Å². The van der Waals surface area contributed by atoms with Crippen LogP contribution in [0.3, 0.4) is 0 Å². The van der Waals surface area contributed by atoms with Gasteiger partial charge in [0.15, 0.2) is 12.6 Å². The van der Waals surface area contributed by atoms with Crippen LogP contribution in [-0.4, -0.2) is 164 Å². The molecule has 250 valence electrons. The molecule has 2 aliphatic carbocycles. The van der Waals surface area contributed by atoms with Crippen molar-refractivity contribution in [1.82, 2.24) is 0 Å². The molecule has 3 aliphatic heterocycles. The molecule has 3 saturated heterocycles. The van der Waals surface area contributed by atoms with Gasteiger partial charge in [-0.05, 0) is 51.4 Å². The summed E-state index contributed by atoms with van der Waals surface area (Å²) >= 11 is 0. The van der Waals surface area contributed by atoms with E-state index >= 15 is 0 Å². The van der Waals surface area contributed by atoms with Gasteiger partial charge in [0, 0.05) is 13.0 Å². The van der Waals surface area contributed by atoms with Crippen LogP contribution in [0.15, 0.2) is 0 Å². The Morgan fingerprint density at radius 2 is 1.35 bits per heavy atom. The molecular weight excluding hydrogens is 576 g/mol. The third-order valence-corrected chi connectivity index (χ3v) is 9.97. The lowest BCUT2D eigenvalue weighted by molar-refractivity contribution is -0.345. The summed E-state index contributed by atoms with van der Waals surface area (Å²) in [5.41, 5.74) is 0. The van der Waals surface area contributed by atoms with Gasteiger partial charge in [0.2, 0.25) is 0 Å². The maximum Gasteiger partial charge on any atom is 0.187 e. The third-order valence-electron chi connectivity index (χ3n) is 9.97. The largest absolute Gasteiger partial charge is 0.393 e. The van der Waals surface area contributed by atoms with Crippen LogP contribution in [0.1, 0.15) is 45.4 Å². The van der Waals surface area contributed by atoms with E-state index in [9.17, 15) is 46.0 Å². The van der Waals surface area contributed by atoms with Crippen molar-refractivity contribution in [2.75, 3.05) is 13.7 Å². The summed E-state index contributed by atoms with van der Waals surface area (Å²) in [5, 5.41) is 93.8. The SMILES string of the molecule is COC1CC(C2OC3CC(O)CC(O)C3CC2O[C@@H]2O[C@@H](CO[C@H]3O[C@@H](C)[C@@H](O)[C@H](O)[C@H]3O)[C@@H](O)[C@@H](O)[C@@H]2O)CCC1O. The standard InChI is InChI=1S/C28H48O15/c1-10-20(32)22(34)24(36)27(40-10)39-9-19-21(33)23(35)25(37)28(43-19)42-18-8-13-15(31)6-12(29)7-16(13)41-26(18)11-3-4-14(30)17(5-11)38-2/h10-37H,3-9H2,1-2H3/t10-,11?,12?,13?,14?,15?,16?,17?,18?,19-,20+,21+,22-,23+,24+,25-,26?,27-,28+/m0/s1. The van der Waals surface area contributed by atoms with Crippen LogP contribution in [0, 0.1) is 11.8 Å². The molecule has 0 aromatic rings. The first-order valence-corrected chi connectivity index (χ1v) is 15.3. The lowest BCUT2D eigenvalue weighted by Gasteiger charge is -2.51. The molecule has 5 fully saturated rings. The van der Waals surface area contributed by atoms with E-state index in [-0.39, 0.29) is 18.3 Å². The van der Waals surface area contributed by atoms with Gasteiger partial charge in [-0.3, -0.25) is 0 Å². The zero-order chi connectivity index (χ0) is 31.2. The second kappa shape index (κ2) is 14.0. The van der Waals surface area contributed by atoms with Gasteiger partial charge in [0.1, 0.15) is 42.7 Å². The molecule has 15 nitrogen and oxygen atoms in total. The Morgan fingerprint density at radius 1 is 0.651 bits per heavy atom. The van der Waals surface area contributed by atoms with E-state index in [2.05, 4.69) is 0 Å². The minimum Gasteiger partial charge on any atom is -0.393 e.